The number of hydrogen-bond donors (Lipinski definition) is 1. The van der Waals surface area contributed by atoms with Crippen LogP contribution in [0.4, 0.5) is 0 Å². The van der Waals surface area contributed by atoms with E-state index in [9.17, 15) is 4.79 Å². The molecule has 0 aromatic heterocycles. The molecular formula is C6H7N5O2. The molecule has 7 heteroatoms. The maximum absolute atomic E-state index is 11.0. The van der Waals surface area contributed by atoms with Crippen LogP contribution < -0.4 is 5.53 Å². The highest BCUT2D eigenvalue weighted by Gasteiger charge is 2.21. The summed E-state index contributed by atoms with van der Waals surface area (Å²) in [5.41, 5.74) is 2.26. The highest BCUT2D eigenvalue weighted by atomic mass is 16.5. The number of methoxy groups -OCH3 is 1. The Balaban J connectivity index is 3.06. The molecule has 0 fully saturated rings. The molecule has 0 aromatic carbocycles. The zero-order valence-corrected chi connectivity index (χ0v) is 7.11. The minimum absolute atomic E-state index is 0.148. The van der Waals surface area contributed by atoms with Gasteiger partial charge in [0.2, 0.25) is 0 Å². The van der Waals surface area contributed by atoms with E-state index in [0.717, 1.165) is 0 Å². The van der Waals surface area contributed by atoms with Gasteiger partial charge in [-0.25, -0.2) is 4.79 Å². The fourth-order valence-corrected chi connectivity index (χ4v) is 0.758. The fourth-order valence-electron chi connectivity index (χ4n) is 0.758. The molecule has 0 radical (unpaired) electrons. The number of nitriles is 1. The van der Waals surface area contributed by atoms with Crippen molar-refractivity contribution in [1.82, 2.24) is 10.5 Å². The zero-order valence-electron chi connectivity index (χ0n) is 7.11. The van der Waals surface area contributed by atoms with Gasteiger partial charge in [0.1, 0.15) is 6.07 Å². The molecule has 1 aliphatic heterocycles. The molecule has 0 atom stereocenters. The lowest BCUT2D eigenvalue weighted by Crippen LogP contribution is -2.25. The van der Waals surface area contributed by atoms with E-state index in [1.54, 1.807) is 13.1 Å². The summed E-state index contributed by atoms with van der Waals surface area (Å²) >= 11 is 0. The number of ether oxygens (including phenoxy) is 1. The Labute approximate surface area is 74.2 Å². The number of hydrazine groups is 1. The van der Waals surface area contributed by atoms with Crippen LogP contribution in [0.25, 0.3) is 0 Å². The van der Waals surface area contributed by atoms with Crippen LogP contribution in [0.15, 0.2) is 21.7 Å². The lowest BCUT2D eigenvalue weighted by atomic mass is 10.3. The summed E-state index contributed by atoms with van der Waals surface area (Å²) in [6.07, 6.45) is 0. The first-order valence-corrected chi connectivity index (χ1v) is 3.33. The molecule has 0 saturated heterocycles. The SMILES string of the molecule is COC(=O)/C(C#N)=C1/N=NNN1C. The molecule has 0 spiro atoms. The Morgan fingerprint density at radius 1 is 1.77 bits per heavy atom. The summed E-state index contributed by atoms with van der Waals surface area (Å²) in [5, 5.41) is 17.0. The summed E-state index contributed by atoms with van der Waals surface area (Å²) in [7, 11) is 2.77. The second-order valence-electron chi connectivity index (χ2n) is 2.16. The first kappa shape index (κ1) is 8.99. The van der Waals surface area contributed by atoms with Gasteiger partial charge in [0, 0.05) is 7.05 Å². The Kier molecular flexibility index (Phi) is 2.44. The molecule has 0 aliphatic carbocycles. The van der Waals surface area contributed by atoms with E-state index in [1.165, 1.54) is 12.1 Å². The van der Waals surface area contributed by atoms with E-state index in [2.05, 4.69) is 20.6 Å². The van der Waals surface area contributed by atoms with Crippen LogP contribution in [0.3, 0.4) is 0 Å². The zero-order chi connectivity index (χ0) is 9.84. The van der Waals surface area contributed by atoms with Crippen LogP contribution in [0.1, 0.15) is 0 Å². The van der Waals surface area contributed by atoms with Crippen molar-refractivity contribution in [2.45, 2.75) is 0 Å². The molecule has 0 aromatic rings. The van der Waals surface area contributed by atoms with Crippen LogP contribution in [0.2, 0.25) is 0 Å². The van der Waals surface area contributed by atoms with Crippen molar-refractivity contribution in [2.24, 2.45) is 10.3 Å². The van der Waals surface area contributed by atoms with Gasteiger partial charge in [-0.2, -0.15) is 10.8 Å². The standard InChI is InChI=1S/C6H7N5O2/c1-11-5(8-9-10-11)4(3-7)6(12)13-2/h1-2H3,(H,8,10)/b5-4-. The average molecular weight is 181 g/mol. The molecule has 68 valence electrons. The van der Waals surface area contributed by atoms with Crippen molar-refractivity contribution < 1.29 is 9.53 Å². The van der Waals surface area contributed by atoms with Crippen molar-refractivity contribution in [1.29, 1.82) is 5.26 Å². The number of carbonyl (C=O) groups excluding carboxylic acids is 1. The van der Waals surface area contributed by atoms with Crippen molar-refractivity contribution >= 4 is 5.97 Å². The largest absolute Gasteiger partial charge is 0.465 e. The maximum Gasteiger partial charge on any atom is 0.352 e. The minimum atomic E-state index is -0.730. The number of rotatable bonds is 1. The smallest absolute Gasteiger partial charge is 0.352 e. The first-order valence-electron chi connectivity index (χ1n) is 3.33. The molecule has 0 bridgehead atoms. The second-order valence-corrected chi connectivity index (χ2v) is 2.16. The van der Waals surface area contributed by atoms with Gasteiger partial charge in [-0.05, 0) is 0 Å². The predicted octanol–water partition coefficient (Wildman–Crippen LogP) is -0.288. The van der Waals surface area contributed by atoms with Crippen molar-refractivity contribution in [3.05, 3.63) is 11.4 Å². The van der Waals surface area contributed by atoms with E-state index in [1.807, 2.05) is 0 Å². The molecule has 1 heterocycles. The summed E-state index contributed by atoms with van der Waals surface area (Å²) in [6, 6.07) is 1.69. The number of esters is 1. The van der Waals surface area contributed by atoms with Crippen LogP contribution >= 0.6 is 0 Å². The van der Waals surface area contributed by atoms with E-state index in [-0.39, 0.29) is 11.4 Å². The lowest BCUT2D eigenvalue weighted by Gasteiger charge is -2.09. The topological polar surface area (TPSA) is 90.1 Å². The maximum atomic E-state index is 11.0. The van der Waals surface area contributed by atoms with Gasteiger partial charge in [-0.3, -0.25) is 5.01 Å². The second kappa shape index (κ2) is 3.53. The summed E-state index contributed by atoms with van der Waals surface area (Å²) in [5.74, 6) is -0.582. The molecular weight excluding hydrogens is 174 g/mol. The van der Waals surface area contributed by atoms with Crippen molar-refractivity contribution in [3.63, 3.8) is 0 Å². The van der Waals surface area contributed by atoms with Crippen molar-refractivity contribution in [2.75, 3.05) is 14.2 Å². The van der Waals surface area contributed by atoms with E-state index in [0.29, 0.717) is 0 Å². The lowest BCUT2D eigenvalue weighted by molar-refractivity contribution is -0.135. The monoisotopic (exact) mass is 181 g/mol. The third kappa shape index (κ3) is 1.56. The van der Waals surface area contributed by atoms with E-state index < -0.39 is 5.97 Å². The third-order valence-electron chi connectivity index (χ3n) is 1.38. The van der Waals surface area contributed by atoms with Gasteiger partial charge in [-0.15, -0.1) is 5.11 Å². The highest BCUT2D eigenvalue weighted by molar-refractivity contribution is 5.93. The Hall–Kier alpha value is -2.10. The molecule has 13 heavy (non-hydrogen) atoms. The third-order valence-corrected chi connectivity index (χ3v) is 1.38. The molecule has 1 N–H and O–H groups in total. The summed E-state index contributed by atoms with van der Waals surface area (Å²) in [6.45, 7) is 0. The Morgan fingerprint density at radius 2 is 2.46 bits per heavy atom. The van der Waals surface area contributed by atoms with E-state index in [4.69, 9.17) is 5.26 Å². The molecule has 1 rings (SSSR count). The number of carbonyl (C=O) groups is 1. The van der Waals surface area contributed by atoms with E-state index >= 15 is 0 Å². The molecule has 0 saturated carbocycles. The van der Waals surface area contributed by atoms with Gasteiger partial charge in [0.15, 0.2) is 11.4 Å². The highest BCUT2D eigenvalue weighted by Crippen LogP contribution is 2.13. The van der Waals surface area contributed by atoms with Crippen LogP contribution in [-0.4, -0.2) is 25.1 Å². The van der Waals surface area contributed by atoms with Crippen molar-refractivity contribution in [3.8, 4) is 6.07 Å². The van der Waals surface area contributed by atoms with Gasteiger partial charge in [0.25, 0.3) is 0 Å². The van der Waals surface area contributed by atoms with Gasteiger partial charge in [-0.1, -0.05) is 5.22 Å². The molecule has 0 unspecified atom stereocenters. The predicted molar refractivity (Wildman–Crippen MR) is 40.4 cm³/mol. The number of nitrogens with zero attached hydrogens (tertiary/aromatic N) is 4. The average Bonchev–Trinajstić information content (AvgIpc) is 2.53. The summed E-state index contributed by atoms with van der Waals surface area (Å²) < 4.78 is 4.39. The number of hydrogen-bond acceptors (Lipinski definition) is 7. The van der Waals surface area contributed by atoms with Crippen LogP contribution in [0, 0.1) is 11.3 Å². The normalized spacial score (nSPS) is 17.8. The van der Waals surface area contributed by atoms with Crippen LogP contribution in [-0.2, 0) is 9.53 Å². The summed E-state index contributed by atoms with van der Waals surface area (Å²) in [4.78, 5) is 11.0. The first-order chi connectivity index (χ1) is 6.20. The van der Waals surface area contributed by atoms with Gasteiger partial charge < -0.3 is 4.74 Å². The molecule has 0 amide bonds. The minimum Gasteiger partial charge on any atom is -0.465 e. The molecule has 7 nitrogen and oxygen atoms in total. The van der Waals surface area contributed by atoms with Crippen LogP contribution in [0.5, 0.6) is 0 Å². The Bertz CT molecular complexity index is 326. The quantitative estimate of drug-likeness (QED) is 0.341. The Morgan fingerprint density at radius 3 is 2.85 bits per heavy atom. The van der Waals surface area contributed by atoms with Gasteiger partial charge in [0.05, 0.1) is 7.11 Å². The fraction of sp³-hybridized carbons (Fsp3) is 0.333. The van der Waals surface area contributed by atoms with Gasteiger partial charge >= 0.3 is 5.97 Å². The molecule has 1 aliphatic rings. The number of nitrogens with one attached hydrogen (secondary N) is 1.